The van der Waals surface area contributed by atoms with Crippen LogP contribution in [0, 0.1) is 6.92 Å². The second-order valence-corrected chi connectivity index (χ2v) is 11.3. The highest BCUT2D eigenvalue weighted by atomic mass is 35.5. The predicted molar refractivity (Wildman–Crippen MR) is 159 cm³/mol. The van der Waals surface area contributed by atoms with Gasteiger partial charge in [-0.15, -0.1) is 0 Å². The van der Waals surface area contributed by atoms with E-state index in [0.717, 1.165) is 33.6 Å². The summed E-state index contributed by atoms with van der Waals surface area (Å²) in [6, 6.07) is 13.9. The number of aliphatic hydroxyl groups excluding tert-OH is 1. The van der Waals surface area contributed by atoms with E-state index in [4.69, 9.17) is 38.0 Å². The van der Waals surface area contributed by atoms with Crippen molar-refractivity contribution in [3.05, 3.63) is 86.7 Å². The minimum absolute atomic E-state index is 0.0943. The van der Waals surface area contributed by atoms with Gasteiger partial charge in [0, 0.05) is 28.7 Å². The van der Waals surface area contributed by atoms with Gasteiger partial charge in [0.15, 0.2) is 5.69 Å². The number of aromatic nitrogens is 2. The number of anilines is 1. The fraction of sp³-hybridized carbons (Fsp3) is 0.258. The van der Waals surface area contributed by atoms with Crippen LogP contribution in [-0.4, -0.2) is 46.7 Å². The molecule has 0 bridgehead atoms. The standard InChI is InChI=1S/C31H28Cl2N4O4/c1-15(2)36-28-25(35-29(36)21-13-17(6-10-23(21)41-4)30(39)34-11-12-38)31(40)37-26-16(3)5-9-22(33)24(26)20-14-18(32)7-8-19(20)27(28)37/h5-10,13-15,27,38H,11-12H2,1-4H3,(H,34,39)/t27-/m1/s1. The number of imidazole rings is 1. The van der Waals surface area contributed by atoms with Crippen molar-refractivity contribution >= 4 is 40.7 Å². The van der Waals surface area contributed by atoms with Gasteiger partial charge in [-0.2, -0.15) is 0 Å². The van der Waals surface area contributed by atoms with Crippen LogP contribution in [0.2, 0.25) is 10.0 Å². The first-order chi connectivity index (χ1) is 19.7. The number of methoxy groups -OCH3 is 1. The van der Waals surface area contributed by atoms with E-state index in [1.807, 2.05) is 51.1 Å². The van der Waals surface area contributed by atoms with Gasteiger partial charge in [-0.3, -0.25) is 14.5 Å². The molecule has 1 aromatic heterocycles. The van der Waals surface area contributed by atoms with Gasteiger partial charge in [-0.1, -0.05) is 35.3 Å². The van der Waals surface area contributed by atoms with Gasteiger partial charge in [-0.25, -0.2) is 4.98 Å². The molecule has 210 valence electrons. The zero-order valence-electron chi connectivity index (χ0n) is 23.0. The molecule has 3 aromatic carbocycles. The van der Waals surface area contributed by atoms with Crippen LogP contribution >= 0.6 is 23.2 Å². The van der Waals surface area contributed by atoms with Gasteiger partial charge in [-0.05, 0) is 73.9 Å². The quantitative estimate of drug-likeness (QED) is 0.278. The molecule has 2 amide bonds. The van der Waals surface area contributed by atoms with Crippen LogP contribution in [0.4, 0.5) is 5.69 Å². The number of fused-ring (bicyclic) bond motifs is 8. The second kappa shape index (κ2) is 10.2. The smallest absolute Gasteiger partial charge is 0.279 e. The topological polar surface area (TPSA) is 96.7 Å². The molecule has 0 saturated heterocycles. The number of amides is 2. The number of ether oxygens (including phenoxy) is 1. The predicted octanol–water partition coefficient (Wildman–Crippen LogP) is 6.21. The molecule has 10 heteroatoms. The van der Waals surface area contributed by atoms with Crippen LogP contribution in [0.3, 0.4) is 0 Å². The monoisotopic (exact) mass is 590 g/mol. The third-order valence-electron chi connectivity index (χ3n) is 7.65. The summed E-state index contributed by atoms with van der Waals surface area (Å²) in [5, 5.41) is 12.9. The first kappa shape index (κ1) is 27.3. The fourth-order valence-corrected chi connectivity index (χ4v) is 6.39. The van der Waals surface area contributed by atoms with Crippen molar-refractivity contribution in [2.24, 2.45) is 0 Å². The van der Waals surface area contributed by atoms with Gasteiger partial charge in [0.05, 0.1) is 35.7 Å². The highest BCUT2D eigenvalue weighted by Crippen LogP contribution is 2.56. The third kappa shape index (κ3) is 4.12. The summed E-state index contributed by atoms with van der Waals surface area (Å²) in [5.41, 5.74) is 6.28. The maximum atomic E-state index is 14.3. The number of halogens is 2. The summed E-state index contributed by atoms with van der Waals surface area (Å²) in [5.74, 6) is 0.481. The van der Waals surface area contributed by atoms with Crippen LogP contribution < -0.4 is 15.0 Å². The zero-order chi connectivity index (χ0) is 29.2. The normalized spacial score (nSPS) is 15.0. The molecule has 0 saturated carbocycles. The molecule has 0 unspecified atom stereocenters. The Morgan fingerprint density at radius 3 is 2.61 bits per heavy atom. The summed E-state index contributed by atoms with van der Waals surface area (Å²) < 4.78 is 7.73. The summed E-state index contributed by atoms with van der Waals surface area (Å²) in [6.45, 7) is 6.00. The lowest BCUT2D eigenvalue weighted by molar-refractivity contribution is 0.0943. The molecular formula is C31H28Cl2N4O4. The van der Waals surface area contributed by atoms with Crippen molar-refractivity contribution in [1.29, 1.82) is 0 Å². The Labute approximate surface area is 247 Å². The average molecular weight is 591 g/mol. The Morgan fingerprint density at radius 2 is 1.90 bits per heavy atom. The lowest BCUT2D eigenvalue weighted by Crippen LogP contribution is -2.34. The van der Waals surface area contributed by atoms with Crippen molar-refractivity contribution in [2.75, 3.05) is 25.2 Å². The summed E-state index contributed by atoms with van der Waals surface area (Å²) in [7, 11) is 1.55. The van der Waals surface area contributed by atoms with E-state index >= 15 is 0 Å². The van der Waals surface area contributed by atoms with E-state index in [-0.39, 0.29) is 31.0 Å². The molecule has 1 atom stereocenters. The van der Waals surface area contributed by atoms with E-state index in [0.29, 0.717) is 38.4 Å². The highest BCUT2D eigenvalue weighted by Gasteiger charge is 2.49. The molecule has 2 aliphatic rings. The van der Waals surface area contributed by atoms with E-state index in [9.17, 15) is 9.59 Å². The lowest BCUT2D eigenvalue weighted by Gasteiger charge is -2.37. The minimum Gasteiger partial charge on any atom is -0.496 e. The number of aryl methyl sites for hydroxylation is 1. The Bertz CT molecular complexity index is 1750. The Balaban J connectivity index is 1.61. The number of aliphatic hydroxyl groups is 1. The minimum atomic E-state index is -0.458. The number of benzene rings is 3. The summed E-state index contributed by atoms with van der Waals surface area (Å²) in [4.78, 5) is 33.7. The van der Waals surface area contributed by atoms with Gasteiger partial charge >= 0.3 is 0 Å². The Kier molecular flexibility index (Phi) is 6.80. The molecule has 0 fully saturated rings. The molecular weight excluding hydrogens is 563 g/mol. The van der Waals surface area contributed by atoms with Crippen molar-refractivity contribution in [2.45, 2.75) is 32.9 Å². The third-order valence-corrected chi connectivity index (χ3v) is 8.20. The molecule has 4 aromatic rings. The molecule has 0 spiro atoms. The fourth-order valence-electron chi connectivity index (χ4n) is 5.96. The number of rotatable bonds is 6. The largest absolute Gasteiger partial charge is 0.496 e. The van der Waals surface area contributed by atoms with E-state index < -0.39 is 6.04 Å². The highest BCUT2D eigenvalue weighted by molar-refractivity contribution is 6.35. The van der Waals surface area contributed by atoms with Gasteiger partial charge in [0.2, 0.25) is 0 Å². The lowest BCUT2D eigenvalue weighted by atomic mass is 9.86. The van der Waals surface area contributed by atoms with Gasteiger partial charge in [0.25, 0.3) is 11.8 Å². The van der Waals surface area contributed by atoms with Gasteiger partial charge < -0.3 is 19.7 Å². The van der Waals surface area contributed by atoms with Crippen LogP contribution in [0.15, 0.2) is 48.5 Å². The molecule has 0 aliphatic carbocycles. The van der Waals surface area contributed by atoms with Crippen LogP contribution in [0.1, 0.15) is 63.6 Å². The maximum Gasteiger partial charge on any atom is 0.279 e. The summed E-state index contributed by atoms with van der Waals surface area (Å²) >= 11 is 13.2. The number of carbonyl (C=O) groups excluding carboxylic acids is 2. The number of nitrogens with zero attached hydrogens (tertiary/aromatic N) is 3. The second-order valence-electron chi connectivity index (χ2n) is 10.4. The van der Waals surface area contributed by atoms with E-state index in [1.165, 1.54) is 0 Å². The van der Waals surface area contributed by atoms with Crippen molar-refractivity contribution < 1.29 is 19.4 Å². The molecule has 41 heavy (non-hydrogen) atoms. The Morgan fingerprint density at radius 1 is 1.12 bits per heavy atom. The molecule has 8 nitrogen and oxygen atoms in total. The first-order valence-electron chi connectivity index (χ1n) is 13.3. The van der Waals surface area contributed by atoms with Gasteiger partial charge in [0.1, 0.15) is 17.6 Å². The number of nitrogens with one attached hydrogen (secondary N) is 1. The zero-order valence-corrected chi connectivity index (χ0v) is 24.5. The number of carbonyl (C=O) groups is 2. The van der Waals surface area contributed by atoms with Crippen molar-refractivity contribution in [1.82, 2.24) is 14.9 Å². The molecule has 2 aliphatic heterocycles. The SMILES string of the molecule is COc1ccc(C(=O)NCCO)cc1-c1nc2c(n1C(C)C)[C@H]1c3ccc(Cl)cc3-c3c(Cl)ccc(C)c3N1C2=O. The maximum absolute atomic E-state index is 14.3. The van der Waals surface area contributed by atoms with Crippen molar-refractivity contribution in [3.63, 3.8) is 0 Å². The molecule has 6 rings (SSSR count). The Hall–Kier alpha value is -3.85. The van der Waals surface area contributed by atoms with Crippen LogP contribution in [0.25, 0.3) is 22.5 Å². The first-order valence-corrected chi connectivity index (χ1v) is 14.1. The van der Waals surface area contributed by atoms with E-state index in [2.05, 4.69) is 9.88 Å². The number of hydrogen-bond acceptors (Lipinski definition) is 5. The van der Waals surface area contributed by atoms with E-state index in [1.54, 1.807) is 30.2 Å². The molecule has 3 heterocycles. The average Bonchev–Trinajstić information content (AvgIpc) is 3.48. The van der Waals surface area contributed by atoms with Crippen molar-refractivity contribution in [3.8, 4) is 28.3 Å². The molecule has 2 N–H and O–H groups in total. The molecule has 0 radical (unpaired) electrons. The van der Waals surface area contributed by atoms with Crippen LogP contribution in [-0.2, 0) is 0 Å². The number of hydrogen-bond donors (Lipinski definition) is 2. The summed E-state index contributed by atoms with van der Waals surface area (Å²) in [6.07, 6.45) is 0. The van der Waals surface area contributed by atoms with Crippen LogP contribution in [0.5, 0.6) is 5.75 Å².